The quantitative estimate of drug-likeness (QED) is 0.567. The average Bonchev–Trinajstić information content (AvgIpc) is 2.82. The zero-order valence-electron chi connectivity index (χ0n) is 9.37. The lowest BCUT2D eigenvalue weighted by Crippen LogP contribution is -2.33. The number of aromatic nitrogens is 1. The van der Waals surface area contributed by atoms with E-state index in [2.05, 4.69) is 15.7 Å². The number of nitrogens with two attached hydrogens (primary N) is 1. The van der Waals surface area contributed by atoms with Gasteiger partial charge in [-0.25, -0.2) is 10.8 Å². The summed E-state index contributed by atoms with van der Waals surface area (Å²) < 4.78 is 0. The molecule has 0 bridgehead atoms. The third-order valence-electron chi connectivity index (χ3n) is 2.90. The number of nitrogen functional groups attached to an aromatic ring is 1. The number of nitrogens with zero attached hydrogens (tertiary/aromatic N) is 1. The van der Waals surface area contributed by atoms with Crippen molar-refractivity contribution in [2.75, 3.05) is 5.43 Å². The van der Waals surface area contributed by atoms with Crippen LogP contribution in [0.4, 0.5) is 5.82 Å². The smallest absolute Gasteiger partial charge is 0.271 e. The van der Waals surface area contributed by atoms with Crippen molar-refractivity contribution < 1.29 is 4.79 Å². The molecule has 0 atom stereocenters. The zero-order chi connectivity index (χ0) is 12.3. The van der Waals surface area contributed by atoms with Crippen molar-refractivity contribution in [2.45, 2.75) is 31.7 Å². The molecule has 0 radical (unpaired) electrons. The van der Waals surface area contributed by atoms with Crippen molar-refractivity contribution in [2.24, 2.45) is 5.84 Å². The molecule has 4 N–H and O–H groups in total. The number of hydrogen-bond donors (Lipinski definition) is 3. The van der Waals surface area contributed by atoms with Gasteiger partial charge in [0.1, 0.15) is 11.5 Å². The number of anilines is 1. The molecule has 1 aliphatic rings. The van der Waals surface area contributed by atoms with Gasteiger partial charge in [0.05, 0.1) is 5.02 Å². The number of hydrazine groups is 1. The van der Waals surface area contributed by atoms with Crippen LogP contribution in [-0.2, 0) is 0 Å². The fourth-order valence-corrected chi connectivity index (χ4v) is 2.20. The fourth-order valence-electron chi connectivity index (χ4n) is 2.01. The number of amides is 1. The van der Waals surface area contributed by atoms with Crippen LogP contribution in [0.3, 0.4) is 0 Å². The summed E-state index contributed by atoms with van der Waals surface area (Å²) in [4.78, 5) is 16.0. The summed E-state index contributed by atoms with van der Waals surface area (Å²) in [5.41, 5.74) is 2.61. The summed E-state index contributed by atoms with van der Waals surface area (Å²) in [6.07, 6.45) is 4.38. The van der Waals surface area contributed by atoms with Crippen LogP contribution in [0, 0.1) is 0 Å². The van der Waals surface area contributed by atoms with Gasteiger partial charge < -0.3 is 10.7 Å². The zero-order valence-corrected chi connectivity index (χ0v) is 10.1. The van der Waals surface area contributed by atoms with Gasteiger partial charge in [-0.3, -0.25) is 4.79 Å². The Balaban J connectivity index is 2.11. The SMILES string of the molecule is NNc1ccc(Cl)c(C(=O)NC2CCCC2)n1. The van der Waals surface area contributed by atoms with Crippen molar-refractivity contribution in [1.29, 1.82) is 0 Å². The molecule has 1 aromatic rings. The van der Waals surface area contributed by atoms with Gasteiger partial charge in [0.25, 0.3) is 5.91 Å². The van der Waals surface area contributed by atoms with Crippen LogP contribution < -0.4 is 16.6 Å². The van der Waals surface area contributed by atoms with Crippen molar-refractivity contribution in [1.82, 2.24) is 10.3 Å². The highest BCUT2D eigenvalue weighted by Crippen LogP contribution is 2.20. The molecule has 0 spiro atoms. The molecule has 0 aromatic carbocycles. The number of halogens is 1. The summed E-state index contributed by atoms with van der Waals surface area (Å²) in [5, 5.41) is 3.27. The molecule has 0 saturated heterocycles. The van der Waals surface area contributed by atoms with Crippen LogP contribution in [-0.4, -0.2) is 16.9 Å². The average molecular weight is 255 g/mol. The van der Waals surface area contributed by atoms with Crippen LogP contribution >= 0.6 is 11.6 Å². The summed E-state index contributed by atoms with van der Waals surface area (Å²) >= 11 is 5.94. The molecule has 2 rings (SSSR count). The van der Waals surface area contributed by atoms with Crippen molar-refractivity contribution in [3.63, 3.8) is 0 Å². The molecule has 1 aliphatic carbocycles. The first kappa shape index (κ1) is 12.1. The Labute approximate surface area is 105 Å². The molecule has 1 amide bonds. The van der Waals surface area contributed by atoms with E-state index in [4.69, 9.17) is 17.4 Å². The topological polar surface area (TPSA) is 80.0 Å². The maximum absolute atomic E-state index is 12.0. The minimum Gasteiger partial charge on any atom is -0.348 e. The third-order valence-corrected chi connectivity index (χ3v) is 3.20. The predicted octanol–water partition coefficient (Wildman–Crippen LogP) is 1.69. The maximum atomic E-state index is 12.0. The van der Waals surface area contributed by atoms with E-state index in [1.54, 1.807) is 12.1 Å². The Morgan fingerprint density at radius 3 is 2.76 bits per heavy atom. The van der Waals surface area contributed by atoms with Gasteiger partial charge in [-0.15, -0.1) is 0 Å². The predicted molar refractivity (Wildman–Crippen MR) is 66.8 cm³/mol. The van der Waals surface area contributed by atoms with Gasteiger partial charge in [0.2, 0.25) is 0 Å². The van der Waals surface area contributed by atoms with Gasteiger partial charge in [0.15, 0.2) is 0 Å². The van der Waals surface area contributed by atoms with Gasteiger partial charge in [-0.1, -0.05) is 24.4 Å². The fraction of sp³-hybridized carbons (Fsp3) is 0.455. The highest BCUT2D eigenvalue weighted by atomic mass is 35.5. The molecule has 17 heavy (non-hydrogen) atoms. The lowest BCUT2D eigenvalue weighted by Gasteiger charge is -2.12. The van der Waals surface area contributed by atoms with Gasteiger partial charge in [-0.2, -0.15) is 0 Å². The van der Waals surface area contributed by atoms with Crippen molar-refractivity contribution >= 4 is 23.3 Å². The molecule has 1 heterocycles. The Morgan fingerprint density at radius 1 is 1.41 bits per heavy atom. The van der Waals surface area contributed by atoms with Gasteiger partial charge in [-0.05, 0) is 25.0 Å². The maximum Gasteiger partial charge on any atom is 0.271 e. The second-order valence-electron chi connectivity index (χ2n) is 4.13. The molecular formula is C11H15ClN4O. The minimum absolute atomic E-state index is 0.217. The normalized spacial score (nSPS) is 15.9. The summed E-state index contributed by atoms with van der Waals surface area (Å²) in [7, 11) is 0. The number of hydrogen-bond acceptors (Lipinski definition) is 4. The number of pyridine rings is 1. The second kappa shape index (κ2) is 5.33. The standard InChI is InChI=1S/C11H15ClN4O/c12-8-5-6-9(16-13)15-10(8)11(17)14-7-3-1-2-4-7/h5-7H,1-4,13H2,(H,14,17)(H,15,16). The van der Waals surface area contributed by atoms with Gasteiger partial charge in [0, 0.05) is 6.04 Å². The van der Waals surface area contributed by atoms with Gasteiger partial charge >= 0.3 is 0 Å². The van der Waals surface area contributed by atoms with E-state index in [-0.39, 0.29) is 17.6 Å². The molecule has 0 unspecified atom stereocenters. The van der Waals surface area contributed by atoms with E-state index in [1.165, 1.54) is 0 Å². The van der Waals surface area contributed by atoms with Crippen LogP contribution in [0.25, 0.3) is 0 Å². The number of rotatable bonds is 3. The van der Waals surface area contributed by atoms with E-state index in [9.17, 15) is 4.79 Å². The first-order valence-electron chi connectivity index (χ1n) is 5.64. The minimum atomic E-state index is -0.237. The van der Waals surface area contributed by atoms with E-state index >= 15 is 0 Å². The molecular weight excluding hydrogens is 240 g/mol. The summed E-state index contributed by atoms with van der Waals surface area (Å²) in [5.74, 6) is 5.43. The Kier molecular flexibility index (Phi) is 3.81. The molecule has 1 aromatic heterocycles. The highest BCUT2D eigenvalue weighted by Gasteiger charge is 2.20. The van der Waals surface area contributed by atoms with Crippen LogP contribution in [0.1, 0.15) is 36.2 Å². The van der Waals surface area contributed by atoms with Crippen molar-refractivity contribution in [3.8, 4) is 0 Å². The highest BCUT2D eigenvalue weighted by molar-refractivity contribution is 6.33. The molecule has 5 nitrogen and oxygen atoms in total. The molecule has 0 aliphatic heterocycles. The largest absolute Gasteiger partial charge is 0.348 e. The molecule has 6 heteroatoms. The Bertz CT molecular complexity index is 418. The summed E-state index contributed by atoms with van der Waals surface area (Å²) in [6.45, 7) is 0. The Morgan fingerprint density at radius 2 is 2.12 bits per heavy atom. The molecule has 1 saturated carbocycles. The summed E-state index contributed by atoms with van der Waals surface area (Å²) in [6, 6.07) is 3.47. The number of carbonyl (C=O) groups excluding carboxylic acids is 1. The number of nitrogens with one attached hydrogen (secondary N) is 2. The van der Waals surface area contributed by atoms with Crippen LogP contribution in [0.2, 0.25) is 5.02 Å². The second-order valence-corrected chi connectivity index (χ2v) is 4.53. The lowest BCUT2D eigenvalue weighted by molar-refractivity contribution is 0.0933. The monoisotopic (exact) mass is 254 g/mol. The van der Waals surface area contributed by atoms with Crippen LogP contribution in [0.5, 0.6) is 0 Å². The van der Waals surface area contributed by atoms with Crippen molar-refractivity contribution in [3.05, 3.63) is 22.8 Å². The first-order valence-corrected chi connectivity index (χ1v) is 6.02. The molecule has 1 fully saturated rings. The third kappa shape index (κ3) is 2.87. The van der Waals surface area contributed by atoms with E-state index in [0.29, 0.717) is 10.8 Å². The lowest BCUT2D eigenvalue weighted by atomic mass is 10.2. The number of carbonyl (C=O) groups is 1. The van der Waals surface area contributed by atoms with E-state index in [0.717, 1.165) is 25.7 Å². The molecule has 92 valence electrons. The Hall–Kier alpha value is -1.33. The van der Waals surface area contributed by atoms with Crippen LogP contribution in [0.15, 0.2) is 12.1 Å². The van der Waals surface area contributed by atoms with E-state index < -0.39 is 0 Å². The van der Waals surface area contributed by atoms with E-state index in [1.807, 2.05) is 0 Å². The first-order chi connectivity index (χ1) is 8.20.